The highest BCUT2D eigenvalue weighted by Crippen LogP contribution is 2.31. The predicted octanol–water partition coefficient (Wildman–Crippen LogP) is 8.65. The van der Waals surface area contributed by atoms with Crippen LogP contribution in [0.5, 0.6) is 0 Å². The Balaban J connectivity index is 1.33. The fraction of sp³-hybridized carbons (Fsp3) is 0.229. The van der Waals surface area contributed by atoms with Crippen LogP contribution >= 0.6 is 0 Å². The number of benzene rings is 4. The smallest absolute Gasteiger partial charge is 0.0708 e. The average molecular weight is 468 g/mol. The summed E-state index contributed by atoms with van der Waals surface area (Å²) in [6, 6.07) is 34.2. The molecule has 0 saturated heterocycles. The third-order valence-electron chi connectivity index (χ3n) is 7.56. The van der Waals surface area contributed by atoms with Gasteiger partial charge in [-0.25, -0.2) is 0 Å². The minimum atomic E-state index is 0.629. The van der Waals surface area contributed by atoms with Crippen LogP contribution in [-0.4, -0.2) is 4.98 Å². The van der Waals surface area contributed by atoms with E-state index in [9.17, 15) is 0 Å². The van der Waals surface area contributed by atoms with Gasteiger partial charge < -0.3 is 0 Å². The van der Waals surface area contributed by atoms with Crippen LogP contribution in [0, 0.1) is 5.92 Å². The average Bonchev–Trinajstić information content (AvgIpc) is 2.90. The van der Waals surface area contributed by atoms with Crippen molar-refractivity contribution in [2.75, 3.05) is 0 Å². The van der Waals surface area contributed by atoms with Crippen molar-refractivity contribution >= 4 is 10.8 Å². The van der Waals surface area contributed by atoms with Crippen LogP contribution in [0.4, 0.5) is 0 Å². The zero-order chi connectivity index (χ0) is 24.5. The zero-order valence-electron chi connectivity index (χ0n) is 21.3. The van der Waals surface area contributed by atoms with Crippen LogP contribution in [0.25, 0.3) is 33.2 Å². The lowest BCUT2D eigenvalue weighted by Gasteiger charge is -2.15. The first-order chi connectivity index (χ1) is 17.6. The van der Waals surface area contributed by atoms with Gasteiger partial charge in [-0.2, -0.15) is 0 Å². The van der Waals surface area contributed by atoms with Crippen LogP contribution in [-0.2, 0) is 32.1 Å². The Morgan fingerprint density at radius 2 is 1.33 bits per heavy atom. The maximum Gasteiger partial charge on any atom is 0.0708 e. The largest absolute Gasteiger partial charge is 0.256 e. The summed E-state index contributed by atoms with van der Waals surface area (Å²) in [7, 11) is 0. The number of aromatic nitrogens is 1. The van der Waals surface area contributed by atoms with Gasteiger partial charge in [0.25, 0.3) is 0 Å². The molecule has 36 heavy (non-hydrogen) atoms. The van der Waals surface area contributed by atoms with Crippen molar-refractivity contribution in [1.29, 1.82) is 0 Å². The molecule has 178 valence electrons. The maximum atomic E-state index is 4.82. The fourth-order valence-corrected chi connectivity index (χ4v) is 5.54. The van der Waals surface area contributed by atoms with E-state index in [2.05, 4.69) is 105 Å². The summed E-state index contributed by atoms with van der Waals surface area (Å²) in [5.74, 6) is 0.629. The molecular formula is C35H33N. The maximum absolute atomic E-state index is 4.82. The fourth-order valence-electron chi connectivity index (χ4n) is 5.54. The normalized spacial score (nSPS) is 13.2. The Bertz CT molecular complexity index is 1510. The van der Waals surface area contributed by atoms with Gasteiger partial charge in [0.05, 0.1) is 5.69 Å². The van der Waals surface area contributed by atoms with Crippen molar-refractivity contribution in [1.82, 2.24) is 4.98 Å². The van der Waals surface area contributed by atoms with Crippen LogP contribution in [0.2, 0.25) is 0 Å². The van der Waals surface area contributed by atoms with Crippen LogP contribution in [0.15, 0.2) is 97.2 Å². The number of fused-ring (bicyclic) bond motifs is 1. The molecule has 0 aliphatic heterocycles. The topological polar surface area (TPSA) is 12.9 Å². The van der Waals surface area contributed by atoms with E-state index in [-0.39, 0.29) is 0 Å². The lowest BCUT2D eigenvalue weighted by molar-refractivity contribution is 0.650. The number of aryl methyl sites for hydroxylation is 4. The second-order valence-electron chi connectivity index (χ2n) is 10.7. The summed E-state index contributed by atoms with van der Waals surface area (Å²) >= 11 is 0. The van der Waals surface area contributed by atoms with E-state index in [1.807, 2.05) is 6.20 Å². The van der Waals surface area contributed by atoms with Crippen molar-refractivity contribution in [2.24, 2.45) is 5.92 Å². The van der Waals surface area contributed by atoms with Gasteiger partial charge in [0, 0.05) is 17.1 Å². The van der Waals surface area contributed by atoms with Crippen molar-refractivity contribution in [2.45, 2.75) is 46.0 Å². The van der Waals surface area contributed by atoms with Crippen molar-refractivity contribution in [3.8, 4) is 22.4 Å². The van der Waals surface area contributed by atoms with Crippen molar-refractivity contribution in [3.05, 3.63) is 125 Å². The first-order valence-electron chi connectivity index (χ1n) is 13.3. The van der Waals surface area contributed by atoms with E-state index in [0.29, 0.717) is 5.92 Å². The minimum absolute atomic E-state index is 0.629. The molecule has 1 heterocycles. The van der Waals surface area contributed by atoms with Gasteiger partial charge in [0.1, 0.15) is 0 Å². The van der Waals surface area contributed by atoms with E-state index in [4.69, 9.17) is 4.98 Å². The van der Waals surface area contributed by atoms with Gasteiger partial charge in [0.2, 0.25) is 0 Å². The molecule has 0 fully saturated rings. The first-order valence-corrected chi connectivity index (χ1v) is 13.3. The van der Waals surface area contributed by atoms with E-state index in [1.54, 1.807) is 0 Å². The van der Waals surface area contributed by atoms with E-state index in [1.165, 1.54) is 55.3 Å². The van der Waals surface area contributed by atoms with Crippen molar-refractivity contribution in [3.63, 3.8) is 0 Å². The molecule has 9 rings (SSSR count). The molecule has 0 unspecified atom stereocenters. The first kappa shape index (κ1) is 22.7. The van der Waals surface area contributed by atoms with E-state index in [0.717, 1.165) is 37.8 Å². The molecule has 4 bridgehead atoms. The summed E-state index contributed by atoms with van der Waals surface area (Å²) in [5.41, 5.74) is 12.0. The Labute approximate surface area is 214 Å². The summed E-state index contributed by atoms with van der Waals surface area (Å²) in [5, 5.41) is 2.54. The third-order valence-corrected chi connectivity index (χ3v) is 7.56. The molecule has 0 saturated carbocycles. The molecule has 4 aliphatic rings. The molecule has 5 aromatic rings. The molecular weight excluding hydrogens is 434 g/mol. The molecule has 0 amide bonds. The lowest BCUT2D eigenvalue weighted by atomic mass is 9.90. The highest BCUT2D eigenvalue weighted by atomic mass is 14.7. The van der Waals surface area contributed by atoms with Gasteiger partial charge in [0.15, 0.2) is 0 Å². The number of nitrogens with zero attached hydrogens (tertiary/aromatic N) is 1. The Kier molecular flexibility index (Phi) is 6.15. The van der Waals surface area contributed by atoms with Crippen LogP contribution < -0.4 is 0 Å². The molecule has 0 radical (unpaired) electrons. The van der Waals surface area contributed by atoms with Gasteiger partial charge in [-0.15, -0.1) is 0 Å². The SMILES string of the molecule is CC(C)Cc1cccc2cnc(-c3ccc(-c4cc5ccc4CCc4ccc(cc4)CC5)cc3)cc12. The number of pyridine rings is 1. The van der Waals surface area contributed by atoms with Gasteiger partial charge in [-0.05, 0) is 88.4 Å². The van der Waals surface area contributed by atoms with E-state index < -0.39 is 0 Å². The summed E-state index contributed by atoms with van der Waals surface area (Å²) in [4.78, 5) is 4.82. The molecule has 0 atom stereocenters. The molecule has 4 aromatic carbocycles. The highest BCUT2D eigenvalue weighted by Gasteiger charge is 2.11. The second kappa shape index (κ2) is 9.74. The van der Waals surface area contributed by atoms with Crippen LogP contribution in [0.3, 0.4) is 0 Å². The summed E-state index contributed by atoms with van der Waals surface area (Å²) < 4.78 is 0. The molecule has 4 aliphatic carbocycles. The van der Waals surface area contributed by atoms with Gasteiger partial charge in [-0.1, -0.05) is 98.8 Å². The van der Waals surface area contributed by atoms with Crippen molar-refractivity contribution < 1.29 is 0 Å². The monoisotopic (exact) mass is 467 g/mol. The summed E-state index contributed by atoms with van der Waals surface area (Å²) in [6.45, 7) is 4.56. The Morgan fingerprint density at radius 3 is 2.08 bits per heavy atom. The molecule has 0 spiro atoms. The molecule has 0 N–H and O–H groups in total. The Morgan fingerprint density at radius 1 is 0.667 bits per heavy atom. The molecule has 1 nitrogen and oxygen atoms in total. The van der Waals surface area contributed by atoms with E-state index >= 15 is 0 Å². The third kappa shape index (κ3) is 4.71. The van der Waals surface area contributed by atoms with Gasteiger partial charge in [-0.3, -0.25) is 4.98 Å². The number of rotatable bonds is 4. The second-order valence-corrected chi connectivity index (χ2v) is 10.7. The summed E-state index contributed by atoms with van der Waals surface area (Å²) in [6.07, 6.45) is 7.41. The minimum Gasteiger partial charge on any atom is -0.256 e. The predicted molar refractivity (Wildman–Crippen MR) is 152 cm³/mol. The quantitative estimate of drug-likeness (QED) is 0.258. The molecule has 1 heteroatoms. The number of hydrogen-bond donors (Lipinski definition) is 0. The van der Waals surface area contributed by atoms with Crippen LogP contribution in [0.1, 0.15) is 41.7 Å². The number of hydrogen-bond acceptors (Lipinski definition) is 1. The Hall–Kier alpha value is -3.71. The lowest BCUT2D eigenvalue weighted by Crippen LogP contribution is -2.00. The standard InChI is InChI=1S/C35H33N/c1-24(2)20-31-4-3-5-32-23-36-35(22-34(31)32)30-18-16-29(17-19-30)33-21-27-11-10-25-6-8-26(9-7-25)12-14-28(33)15-13-27/h3-9,13,15-19,21-24H,10-12,14,20H2,1-2H3. The highest BCUT2D eigenvalue weighted by molar-refractivity contribution is 5.88. The zero-order valence-corrected chi connectivity index (χ0v) is 21.3. The van der Waals surface area contributed by atoms with Gasteiger partial charge >= 0.3 is 0 Å². The molecule has 1 aromatic heterocycles.